The van der Waals surface area contributed by atoms with E-state index in [1.807, 2.05) is 0 Å². The minimum Gasteiger partial charge on any atom is -0.478 e. The number of unbranched alkanes of at least 4 members (excludes halogenated alkanes) is 2. The predicted octanol–water partition coefficient (Wildman–Crippen LogP) is 4.36. The van der Waals surface area contributed by atoms with E-state index < -0.39 is 11.9 Å². The van der Waals surface area contributed by atoms with Gasteiger partial charge in [0.15, 0.2) is 0 Å². The van der Waals surface area contributed by atoms with Gasteiger partial charge >= 0.3 is 11.9 Å². The van der Waals surface area contributed by atoms with Gasteiger partial charge < -0.3 is 10.2 Å². The first-order chi connectivity index (χ1) is 12.1. The van der Waals surface area contributed by atoms with Crippen molar-refractivity contribution < 1.29 is 19.8 Å². The molecule has 0 aliphatic carbocycles. The smallest absolute Gasteiger partial charge is 0.337 e. The lowest BCUT2D eigenvalue weighted by Gasteiger charge is -2.00. The topological polar surface area (TPSA) is 99.3 Å². The SMILES string of the molecule is O=C(O)c1ccccc1N=CCCCC=Nc1ccccc1C(=O)O. The Kier molecular flexibility index (Phi) is 6.59. The van der Waals surface area contributed by atoms with Crippen molar-refractivity contribution in [2.45, 2.75) is 19.3 Å². The van der Waals surface area contributed by atoms with Gasteiger partial charge in [0, 0.05) is 12.4 Å². The summed E-state index contributed by atoms with van der Waals surface area (Å²) in [5.74, 6) is -2.01. The van der Waals surface area contributed by atoms with E-state index >= 15 is 0 Å². The first-order valence-corrected chi connectivity index (χ1v) is 7.79. The molecule has 0 heterocycles. The number of para-hydroxylation sites is 2. The first-order valence-electron chi connectivity index (χ1n) is 7.79. The Balaban J connectivity index is 1.85. The van der Waals surface area contributed by atoms with Gasteiger partial charge in [0.2, 0.25) is 0 Å². The molecule has 0 saturated heterocycles. The van der Waals surface area contributed by atoms with Crippen LogP contribution in [0.2, 0.25) is 0 Å². The first kappa shape index (κ1) is 18.1. The van der Waals surface area contributed by atoms with Gasteiger partial charge in [-0.1, -0.05) is 24.3 Å². The Morgan fingerprint density at radius 3 is 1.56 bits per heavy atom. The van der Waals surface area contributed by atoms with Crippen LogP contribution in [0.15, 0.2) is 58.5 Å². The number of nitrogens with zero attached hydrogens (tertiary/aromatic N) is 2. The van der Waals surface area contributed by atoms with Crippen molar-refractivity contribution in [2.24, 2.45) is 9.98 Å². The molecule has 0 saturated carbocycles. The summed E-state index contributed by atoms with van der Waals surface area (Å²) < 4.78 is 0. The molecule has 0 aliphatic rings. The van der Waals surface area contributed by atoms with Crippen LogP contribution in [0.25, 0.3) is 0 Å². The molecule has 0 bridgehead atoms. The highest BCUT2D eigenvalue weighted by atomic mass is 16.4. The number of carboxylic acids is 2. The number of aliphatic imine (C=N–C) groups is 2. The molecular formula is C19H18N2O4. The van der Waals surface area contributed by atoms with Crippen molar-refractivity contribution in [1.29, 1.82) is 0 Å². The summed E-state index contributed by atoms with van der Waals surface area (Å²) in [5.41, 5.74) is 1.20. The van der Waals surface area contributed by atoms with Crippen LogP contribution in [0.5, 0.6) is 0 Å². The highest BCUT2D eigenvalue weighted by Gasteiger charge is 2.07. The van der Waals surface area contributed by atoms with Gasteiger partial charge in [-0.15, -0.1) is 0 Å². The molecule has 0 fully saturated rings. The van der Waals surface area contributed by atoms with Crippen molar-refractivity contribution >= 4 is 35.7 Å². The van der Waals surface area contributed by atoms with Crippen LogP contribution in [0.1, 0.15) is 40.0 Å². The van der Waals surface area contributed by atoms with Crippen LogP contribution < -0.4 is 0 Å². The second kappa shape index (κ2) is 9.12. The summed E-state index contributed by atoms with van der Waals surface area (Å²) in [7, 11) is 0. The highest BCUT2D eigenvalue weighted by Crippen LogP contribution is 2.19. The monoisotopic (exact) mass is 338 g/mol. The molecule has 2 rings (SSSR count). The fourth-order valence-electron chi connectivity index (χ4n) is 2.16. The molecular weight excluding hydrogens is 320 g/mol. The molecule has 2 N–H and O–H groups in total. The maximum atomic E-state index is 11.1. The maximum absolute atomic E-state index is 11.1. The number of benzene rings is 2. The van der Waals surface area contributed by atoms with Crippen molar-refractivity contribution in [1.82, 2.24) is 0 Å². The lowest BCUT2D eigenvalue weighted by molar-refractivity contribution is 0.0687. The summed E-state index contributed by atoms with van der Waals surface area (Å²) in [6, 6.07) is 13.1. The average molecular weight is 338 g/mol. The van der Waals surface area contributed by atoms with E-state index in [1.54, 1.807) is 48.8 Å². The average Bonchev–Trinajstić information content (AvgIpc) is 2.61. The van der Waals surface area contributed by atoms with E-state index in [4.69, 9.17) is 10.2 Å². The largest absolute Gasteiger partial charge is 0.478 e. The van der Waals surface area contributed by atoms with Crippen LogP contribution in [0.4, 0.5) is 11.4 Å². The van der Waals surface area contributed by atoms with E-state index in [0.29, 0.717) is 24.2 Å². The number of hydrogen-bond donors (Lipinski definition) is 2. The molecule has 0 atom stereocenters. The van der Waals surface area contributed by atoms with Crippen molar-refractivity contribution in [3.05, 3.63) is 59.7 Å². The lowest BCUT2D eigenvalue weighted by Crippen LogP contribution is -1.96. The van der Waals surface area contributed by atoms with Crippen LogP contribution in [0.3, 0.4) is 0 Å². The number of carboxylic acid groups (broad SMARTS) is 2. The van der Waals surface area contributed by atoms with E-state index in [9.17, 15) is 9.59 Å². The summed E-state index contributed by atoms with van der Waals surface area (Å²) in [6.45, 7) is 0. The molecule has 0 aromatic heterocycles. The van der Waals surface area contributed by atoms with Gasteiger partial charge in [-0.2, -0.15) is 0 Å². The summed E-state index contributed by atoms with van der Waals surface area (Å²) >= 11 is 0. The predicted molar refractivity (Wildman–Crippen MR) is 97.0 cm³/mol. The zero-order valence-corrected chi connectivity index (χ0v) is 13.5. The summed E-state index contributed by atoms with van der Waals surface area (Å²) in [4.78, 5) is 30.5. The fraction of sp³-hybridized carbons (Fsp3) is 0.158. The summed E-state index contributed by atoms with van der Waals surface area (Å²) in [6.07, 6.45) is 5.47. The number of aromatic carboxylic acids is 2. The molecule has 6 nitrogen and oxygen atoms in total. The second-order valence-corrected chi connectivity index (χ2v) is 5.20. The quantitative estimate of drug-likeness (QED) is 0.552. The van der Waals surface area contributed by atoms with Crippen LogP contribution in [-0.2, 0) is 0 Å². The standard InChI is InChI=1S/C19H18N2O4/c22-18(23)14-8-2-4-10-16(14)20-12-6-1-7-13-21-17-11-5-3-9-15(17)19(24)25/h2-5,8-13H,1,6-7H2,(H,22,23)(H,24,25). The third kappa shape index (κ3) is 5.39. The highest BCUT2D eigenvalue weighted by molar-refractivity contribution is 5.94. The minimum atomic E-state index is -1.00. The number of rotatable bonds is 8. The Morgan fingerprint density at radius 1 is 0.760 bits per heavy atom. The van der Waals surface area contributed by atoms with Crippen molar-refractivity contribution in [2.75, 3.05) is 0 Å². The van der Waals surface area contributed by atoms with E-state index in [2.05, 4.69) is 9.98 Å². The van der Waals surface area contributed by atoms with E-state index in [-0.39, 0.29) is 11.1 Å². The number of carbonyl (C=O) groups is 2. The maximum Gasteiger partial charge on any atom is 0.337 e. The Hall–Kier alpha value is -3.28. The van der Waals surface area contributed by atoms with E-state index in [0.717, 1.165) is 6.42 Å². The van der Waals surface area contributed by atoms with Gasteiger partial charge in [0.1, 0.15) is 0 Å². The van der Waals surface area contributed by atoms with Gasteiger partial charge in [-0.05, 0) is 43.5 Å². The van der Waals surface area contributed by atoms with Gasteiger partial charge in [-0.3, -0.25) is 9.98 Å². The molecule has 0 amide bonds. The minimum absolute atomic E-state index is 0.172. The third-order valence-corrected chi connectivity index (χ3v) is 3.40. The second-order valence-electron chi connectivity index (χ2n) is 5.20. The van der Waals surface area contributed by atoms with E-state index in [1.165, 1.54) is 12.1 Å². The van der Waals surface area contributed by atoms with Crippen molar-refractivity contribution in [3.63, 3.8) is 0 Å². The Labute approximate surface area is 145 Å². The molecule has 2 aromatic rings. The van der Waals surface area contributed by atoms with Crippen LogP contribution in [0, 0.1) is 0 Å². The molecule has 0 spiro atoms. The summed E-state index contributed by atoms with van der Waals surface area (Å²) in [5, 5.41) is 18.1. The van der Waals surface area contributed by atoms with Crippen LogP contribution >= 0.6 is 0 Å². The molecule has 0 aliphatic heterocycles. The Bertz CT molecular complexity index is 745. The fourth-order valence-corrected chi connectivity index (χ4v) is 2.16. The molecule has 2 aromatic carbocycles. The zero-order chi connectivity index (χ0) is 18.1. The van der Waals surface area contributed by atoms with Crippen molar-refractivity contribution in [3.8, 4) is 0 Å². The normalized spacial score (nSPS) is 11.2. The zero-order valence-electron chi connectivity index (χ0n) is 13.5. The molecule has 0 radical (unpaired) electrons. The Morgan fingerprint density at radius 2 is 1.16 bits per heavy atom. The molecule has 25 heavy (non-hydrogen) atoms. The third-order valence-electron chi connectivity index (χ3n) is 3.40. The number of hydrogen-bond acceptors (Lipinski definition) is 4. The van der Waals surface area contributed by atoms with Gasteiger partial charge in [0.25, 0.3) is 0 Å². The van der Waals surface area contributed by atoms with Crippen LogP contribution in [-0.4, -0.2) is 34.6 Å². The van der Waals surface area contributed by atoms with Gasteiger partial charge in [0.05, 0.1) is 22.5 Å². The molecule has 6 heteroatoms. The van der Waals surface area contributed by atoms with Gasteiger partial charge in [-0.25, -0.2) is 9.59 Å². The lowest BCUT2D eigenvalue weighted by atomic mass is 10.2. The molecule has 128 valence electrons. The molecule has 0 unspecified atom stereocenters.